The Morgan fingerprint density at radius 1 is 1.15 bits per heavy atom. The van der Waals surface area contributed by atoms with Crippen LogP contribution in [0.5, 0.6) is 0 Å². The molecule has 0 heterocycles. The van der Waals surface area contributed by atoms with Gasteiger partial charge in [0.05, 0.1) is 11.7 Å². The lowest BCUT2D eigenvalue weighted by Gasteiger charge is -2.40. The maximum atomic E-state index is 10.2. The van der Waals surface area contributed by atoms with E-state index >= 15 is 0 Å². The van der Waals surface area contributed by atoms with Crippen LogP contribution in [0.25, 0.3) is 0 Å². The number of hydrogen-bond donors (Lipinski definition) is 1. The molecule has 0 aromatic carbocycles. The van der Waals surface area contributed by atoms with Gasteiger partial charge in [-0.1, -0.05) is 20.8 Å². The van der Waals surface area contributed by atoms with E-state index in [1.54, 1.807) is 14.2 Å². The predicted molar refractivity (Wildman–Crippen MR) is 83.3 cm³/mol. The number of aliphatic hydroxyl groups is 1. The molecule has 0 aromatic heterocycles. The fraction of sp³-hybridized carbons (Fsp3) is 1.00. The molecule has 0 saturated heterocycles. The van der Waals surface area contributed by atoms with E-state index in [1.165, 1.54) is 0 Å². The van der Waals surface area contributed by atoms with Crippen molar-refractivity contribution in [3.05, 3.63) is 0 Å². The topological polar surface area (TPSA) is 47.9 Å². The van der Waals surface area contributed by atoms with Gasteiger partial charge in [-0.25, -0.2) is 0 Å². The minimum absolute atomic E-state index is 0.00621. The minimum atomic E-state index is -1.85. The zero-order valence-electron chi connectivity index (χ0n) is 14.2. The molecule has 1 fully saturated rings. The van der Waals surface area contributed by atoms with Crippen molar-refractivity contribution < 1.29 is 19.0 Å². The summed E-state index contributed by atoms with van der Waals surface area (Å²) in [6.45, 7) is 11.2. The van der Waals surface area contributed by atoms with Crippen LogP contribution >= 0.6 is 0 Å². The molecule has 0 aliphatic heterocycles. The van der Waals surface area contributed by atoms with E-state index in [0.717, 1.165) is 12.8 Å². The van der Waals surface area contributed by atoms with Gasteiger partial charge >= 0.3 is 0 Å². The first-order valence-electron chi connectivity index (χ1n) is 7.49. The van der Waals surface area contributed by atoms with Crippen molar-refractivity contribution in [2.24, 2.45) is 0 Å². The van der Waals surface area contributed by atoms with Gasteiger partial charge in [-0.2, -0.15) is 0 Å². The van der Waals surface area contributed by atoms with E-state index in [1.807, 2.05) is 0 Å². The van der Waals surface area contributed by atoms with Gasteiger partial charge in [-0.05, 0) is 31.0 Å². The fourth-order valence-electron chi connectivity index (χ4n) is 2.04. The van der Waals surface area contributed by atoms with Crippen LogP contribution in [0.15, 0.2) is 0 Å². The summed E-state index contributed by atoms with van der Waals surface area (Å²) in [5.41, 5.74) is -0.515. The molecule has 1 aliphatic rings. The molecule has 1 atom stereocenters. The SMILES string of the molecule is COC(C[C@@H](CC1(O)CC1)O[Si](C)(C)C(C)(C)C)OC. The smallest absolute Gasteiger partial charge is 0.192 e. The van der Waals surface area contributed by atoms with Crippen molar-refractivity contribution >= 4 is 8.32 Å². The summed E-state index contributed by atoms with van der Waals surface area (Å²) < 4.78 is 17.1. The molecule has 0 spiro atoms. The minimum Gasteiger partial charge on any atom is -0.414 e. The van der Waals surface area contributed by atoms with Gasteiger partial charge in [0.25, 0.3) is 0 Å². The Morgan fingerprint density at radius 2 is 1.65 bits per heavy atom. The highest BCUT2D eigenvalue weighted by Crippen LogP contribution is 2.43. The van der Waals surface area contributed by atoms with Crippen molar-refractivity contribution in [3.63, 3.8) is 0 Å². The monoisotopic (exact) mass is 304 g/mol. The second-order valence-corrected chi connectivity index (χ2v) is 12.3. The molecule has 1 aliphatic carbocycles. The molecule has 1 saturated carbocycles. The van der Waals surface area contributed by atoms with Crippen LogP contribution in [-0.4, -0.2) is 45.6 Å². The van der Waals surface area contributed by atoms with Gasteiger partial charge in [-0.3, -0.25) is 0 Å². The third kappa shape index (κ3) is 5.11. The summed E-state index contributed by atoms with van der Waals surface area (Å²) in [5.74, 6) is 0. The average molecular weight is 305 g/mol. The van der Waals surface area contributed by atoms with E-state index in [2.05, 4.69) is 33.9 Å². The van der Waals surface area contributed by atoms with Gasteiger partial charge < -0.3 is 19.0 Å². The third-order valence-electron chi connectivity index (χ3n) is 4.68. The number of hydrogen-bond acceptors (Lipinski definition) is 4. The van der Waals surface area contributed by atoms with Crippen LogP contribution in [0.2, 0.25) is 18.1 Å². The second-order valence-electron chi connectivity index (χ2n) is 7.57. The Labute approximate surface area is 124 Å². The molecule has 120 valence electrons. The molecule has 0 bridgehead atoms. The quantitative estimate of drug-likeness (QED) is 0.552. The molecule has 20 heavy (non-hydrogen) atoms. The molecule has 0 amide bonds. The summed E-state index contributed by atoms with van der Waals surface area (Å²) in [4.78, 5) is 0. The van der Waals surface area contributed by atoms with Crippen molar-refractivity contribution in [3.8, 4) is 0 Å². The summed E-state index contributed by atoms with van der Waals surface area (Å²) in [6.07, 6.45) is 2.84. The van der Waals surface area contributed by atoms with Crippen LogP contribution in [0.4, 0.5) is 0 Å². The van der Waals surface area contributed by atoms with E-state index in [0.29, 0.717) is 12.8 Å². The van der Waals surface area contributed by atoms with E-state index < -0.39 is 13.9 Å². The van der Waals surface area contributed by atoms with Gasteiger partial charge in [0.2, 0.25) is 0 Å². The van der Waals surface area contributed by atoms with Crippen LogP contribution in [0.3, 0.4) is 0 Å². The molecule has 4 nitrogen and oxygen atoms in total. The molecular formula is C15H32O4Si. The highest BCUT2D eigenvalue weighted by molar-refractivity contribution is 6.74. The number of rotatable bonds is 8. The van der Waals surface area contributed by atoms with E-state index in [9.17, 15) is 5.11 Å². The Bertz CT molecular complexity index is 303. The largest absolute Gasteiger partial charge is 0.414 e. The van der Waals surface area contributed by atoms with Gasteiger partial charge in [0, 0.05) is 27.1 Å². The van der Waals surface area contributed by atoms with Crippen molar-refractivity contribution in [2.45, 2.75) is 82.6 Å². The lowest BCUT2D eigenvalue weighted by atomic mass is 10.1. The first kappa shape index (κ1) is 18.1. The summed E-state index contributed by atoms with van der Waals surface area (Å²) in [5, 5.41) is 10.4. The summed E-state index contributed by atoms with van der Waals surface area (Å²) >= 11 is 0. The lowest BCUT2D eigenvalue weighted by molar-refractivity contribution is -0.124. The molecule has 1 rings (SSSR count). The zero-order valence-corrected chi connectivity index (χ0v) is 15.2. The maximum Gasteiger partial charge on any atom is 0.192 e. The standard InChI is InChI=1S/C15H32O4Si/c1-14(2,3)20(6,7)19-12(10-13(17-4)18-5)11-15(16)8-9-15/h12-13,16H,8-11H2,1-7H3/t12-/m0/s1. The van der Waals surface area contributed by atoms with Crippen molar-refractivity contribution in [1.82, 2.24) is 0 Å². The van der Waals surface area contributed by atoms with Crippen LogP contribution in [0, 0.1) is 0 Å². The highest BCUT2D eigenvalue weighted by atomic mass is 28.4. The predicted octanol–water partition coefficient (Wildman–Crippen LogP) is 3.30. The lowest BCUT2D eigenvalue weighted by Crippen LogP contribution is -2.45. The third-order valence-corrected chi connectivity index (χ3v) is 9.22. The fourth-order valence-corrected chi connectivity index (χ4v) is 3.41. The molecule has 0 radical (unpaired) electrons. The summed E-state index contributed by atoms with van der Waals surface area (Å²) in [6, 6.07) is 0. The second kappa shape index (κ2) is 6.44. The number of ether oxygens (including phenoxy) is 2. The van der Waals surface area contributed by atoms with Gasteiger partial charge in [0.1, 0.15) is 0 Å². The normalized spacial score (nSPS) is 20.2. The highest BCUT2D eigenvalue weighted by Gasteiger charge is 2.46. The first-order valence-corrected chi connectivity index (χ1v) is 10.4. The average Bonchev–Trinajstić information content (AvgIpc) is 3.01. The van der Waals surface area contributed by atoms with Crippen LogP contribution in [-0.2, 0) is 13.9 Å². The van der Waals surface area contributed by atoms with Crippen LogP contribution in [0.1, 0.15) is 46.5 Å². The Kier molecular flexibility index (Phi) is 5.83. The number of methoxy groups -OCH3 is 2. The zero-order chi connectivity index (χ0) is 15.6. The molecule has 1 N–H and O–H groups in total. The van der Waals surface area contributed by atoms with Gasteiger partial charge in [-0.15, -0.1) is 0 Å². The maximum absolute atomic E-state index is 10.2. The first-order chi connectivity index (χ1) is 9.03. The van der Waals surface area contributed by atoms with E-state index in [4.69, 9.17) is 13.9 Å². The molecular weight excluding hydrogens is 272 g/mol. The molecule has 5 heteroatoms. The van der Waals surface area contributed by atoms with E-state index in [-0.39, 0.29) is 17.4 Å². The molecule has 0 unspecified atom stereocenters. The van der Waals surface area contributed by atoms with Crippen LogP contribution < -0.4 is 0 Å². The van der Waals surface area contributed by atoms with Crippen molar-refractivity contribution in [2.75, 3.05) is 14.2 Å². The Balaban J connectivity index is 2.71. The summed E-state index contributed by atoms with van der Waals surface area (Å²) in [7, 11) is 1.43. The van der Waals surface area contributed by atoms with Crippen molar-refractivity contribution in [1.29, 1.82) is 0 Å². The molecule has 0 aromatic rings. The Hall–Kier alpha value is 0.0569. The Morgan fingerprint density at radius 3 is 2.00 bits per heavy atom. The van der Waals surface area contributed by atoms with Gasteiger partial charge in [0.15, 0.2) is 14.6 Å².